The molecule has 9 atom stereocenters. The number of carbonyl (C=O) groups excluding carboxylic acids is 1. The number of amides is 1. The van der Waals surface area contributed by atoms with Gasteiger partial charge in [-0.25, -0.2) is 0 Å². The summed E-state index contributed by atoms with van der Waals surface area (Å²) in [6.45, 7) is 3.57. The van der Waals surface area contributed by atoms with Crippen molar-refractivity contribution in [2.24, 2.45) is 0 Å². The van der Waals surface area contributed by atoms with Crippen LogP contribution in [0.2, 0.25) is 0 Å². The van der Waals surface area contributed by atoms with E-state index in [1.165, 1.54) is 44.9 Å². The molecule has 0 aliphatic heterocycles. The molecule has 0 aromatic heterocycles. The fourth-order valence-corrected chi connectivity index (χ4v) is 5.61. The molecule has 0 saturated heterocycles. The molecule has 1 fully saturated rings. The van der Waals surface area contributed by atoms with Crippen LogP contribution in [0.5, 0.6) is 0 Å². The number of carbonyl (C=O) groups is 1. The SMILES string of the molecule is CC#CC#CC#CC#CC#CC#CC#CC#CC#CC#CC#CC#CC(=O)N[C@@H](CNC1[C@H](O)[C@H](O)C(O)[C@H](O)[C@H]1O)[C@H](O)[C@H](O)CCCCCCCCCCCCCC.[HH].[HH].[HH].[HH].[HH].[HH].[HH].[HH].[HH].[HH].[HH].[HH].[HH].[HH].[HH].[HH].[HH].[HH].[HH].[HH].[HH].[HH].[HH].[HH]. The van der Waals surface area contributed by atoms with Gasteiger partial charge in [-0.2, -0.15) is 0 Å². The van der Waals surface area contributed by atoms with Crippen LogP contribution in [0.3, 0.4) is 0 Å². The van der Waals surface area contributed by atoms with Gasteiger partial charge in [-0.1, -0.05) is 89.9 Å². The van der Waals surface area contributed by atoms with Crippen molar-refractivity contribution in [1.82, 2.24) is 10.6 Å². The highest BCUT2D eigenvalue weighted by Gasteiger charge is 2.48. The quantitative estimate of drug-likeness (QED) is 0.0554. The number of rotatable bonds is 19. The van der Waals surface area contributed by atoms with E-state index in [2.05, 4.69) is 160 Å². The molecule has 358 valence electrons. The van der Waals surface area contributed by atoms with E-state index in [0.717, 1.165) is 25.7 Å². The minimum atomic E-state index is -1.79. The number of aliphatic hydroxyl groups excluding tert-OH is 7. The van der Waals surface area contributed by atoms with Gasteiger partial charge in [0.25, 0.3) is 5.91 Å². The first-order valence-corrected chi connectivity index (χ1v) is 19.9. The number of hydrogen-bond donors (Lipinski definition) is 9. The Bertz CT molecular complexity index is 2220. The smallest absolute Gasteiger partial charge is 0.297 e. The van der Waals surface area contributed by atoms with Crippen molar-refractivity contribution in [2.75, 3.05) is 6.54 Å². The van der Waals surface area contributed by atoms with E-state index in [-0.39, 0.29) is 47.2 Å². The first kappa shape index (κ1) is 51.9. The largest absolute Gasteiger partial charge is 0.390 e. The third-order valence-electron chi connectivity index (χ3n) is 8.80. The van der Waals surface area contributed by atoms with Gasteiger partial charge in [0.05, 0.1) is 18.2 Å². The summed E-state index contributed by atoms with van der Waals surface area (Å²) in [4.78, 5) is 12.7. The number of hydrogen-bond acceptors (Lipinski definition) is 9. The predicted molar refractivity (Wildman–Crippen MR) is 281 cm³/mol. The third-order valence-corrected chi connectivity index (χ3v) is 8.80. The maximum absolute atomic E-state index is 12.7. The molecule has 1 aliphatic carbocycles. The summed E-state index contributed by atoms with van der Waals surface area (Å²) < 4.78 is 0. The molecule has 10 nitrogen and oxygen atoms in total. The topological polar surface area (TPSA) is 183 Å². The zero-order valence-corrected chi connectivity index (χ0v) is 34.1. The van der Waals surface area contributed by atoms with Gasteiger partial charge < -0.3 is 46.4 Å². The lowest BCUT2D eigenvalue weighted by atomic mass is 9.83. The Labute approximate surface area is 392 Å². The minimum Gasteiger partial charge on any atom is -0.390 e. The Morgan fingerprint density at radius 3 is 1.22 bits per heavy atom. The van der Waals surface area contributed by atoms with Gasteiger partial charge in [0.2, 0.25) is 0 Å². The molecule has 0 aromatic rings. The van der Waals surface area contributed by atoms with E-state index in [0.29, 0.717) is 6.42 Å². The number of aliphatic hydroxyl groups is 7. The van der Waals surface area contributed by atoms with Crippen LogP contribution >= 0.6 is 0 Å². The molecule has 9 N–H and O–H groups in total. The Kier molecular flexibility index (Phi) is 30.2. The summed E-state index contributed by atoms with van der Waals surface area (Å²) in [6, 6.07) is -2.52. The van der Waals surface area contributed by atoms with E-state index >= 15 is 0 Å². The van der Waals surface area contributed by atoms with Gasteiger partial charge >= 0.3 is 0 Å². The van der Waals surface area contributed by atoms with Crippen LogP contribution < -0.4 is 10.6 Å². The van der Waals surface area contributed by atoms with Crippen LogP contribution in [0, 0.1) is 142 Å². The molecule has 1 aliphatic rings. The van der Waals surface area contributed by atoms with Crippen LogP contribution in [0.1, 0.15) is 132 Å². The third kappa shape index (κ3) is 24.6. The summed E-state index contributed by atoms with van der Waals surface area (Å²) in [5, 5.41) is 78.1. The van der Waals surface area contributed by atoms with Crippen LogP contribution in [-0.2, 0) is 4.79 Å². The Morgan fingerprint density at radius 2 is 0.833 bits per heavy atom. The van der Waals surface area contributed by atoms with Crippen LogP contribution in [0.15, 0.2) is 0 Å². The molecule has 0 bridgehead atoms. The molecule has 0 aromatic carbocycles. The summed E-state index contributed by atoms with van der Waals surface area (Å²) >= 11 is 0. The van der Waals surface area contributed by atoms with Crippen molar-refractivity contribution >= 4 is 5.91 Å². The summed E-state index contributed by atoms with van der Waals surface area (Å²) in [7, 11) is 0. The van der Waals surface area contributed by atoms with E-state index in [1.54, 1.807) is 6.92 Å². The van der Waals surface area contributed by atoms with Crippen molar-refractivity contribution < 1.29 is 74.8 Å². The van der Waals surface area contributed by atoms with Crippen molar-refractivity contribution in [3.8, 4) is 142 Å². The Morgan fingerprint density at radius 1 is 0.500 bits per heavy atom. The van der Waals surface area contributed by atoms with Crippen LogP contribution in [0.25, 0.3) is 0 Å². The molecule has 1 amide bonds. The maximum atomic E-state index is 12.7. The van der Waals surface area contributed by atoms with E-state index in [1.807, 2.05) is 0 Å². The molecule has 1 rings (SSSR count). The highest BCUT2D eigenvalue weighted by molar-refractivity contribution is 5.94. The summed E-state index contributed by atoms with van der Waals surface area (Å²) in [5.41, 5.74) is 0. The molecule has 1 saturated carbocycles. The fourth-order valence-electron chi connectivity index (χ4n) is 5.61. The number of unbranched alkanes of at least 4 members (excludes halogenated alkanes) is 11. The lowest BCUT2D eigenvalue weighted by Gasteiger charge is -2.43. The van der Waals surface area contributed by atoms with Gasteiger partial charge in [-0.15, -0.1) is 0 Å². The van der Waals surface area contributed by atoms with E-state index in [9.17, 15) is 40.5 Å². The average molecular weight is 857 g/mol. The van der Waals surface area contributed by atoms with Crippen LogP contribution in [-0.4, -0.2) is 103 Å². The normalized spacial score (nSPS) is 19.0. The fraction of sp³-hybridized carbons (Fsp3) is 0.500. The monoisotopic (exact) mass is 857 g/mol. The molecular formula is C50H100N2O8. The lowest BCUT2D eigenvalue weighted by molar-refractivity contribution is -0.190. The minimum absolute atomic E-state index is 0. The van der Waals surface area contributed by atoms with Gasteiger partial charge in [-0.3, -0.25) is 4.79 Å². The Balaban J connectivity index is -0.0000000682. The molecule has 0 heterocycles. The van der Waals surface area contributed by atoms with Gasteiger partial charge in [0.15, 0.2) is 0 Å². The van der Waals surface area contributed by atoms with Crippen molar-refractivity contribution in [1.29, 1.82) is 0 Å². The zero-order valence-electron chi connectivity index (χ0n) is 34.1. The first-order valence-electron chi connectivity index (χ1n) is 19.9. The van der Waals surface area contributed by atoms with Crippen molar-refractivity contribution in [3.05, 3.63) is 0 Å². The second kappa shape index (κ2) is 34.9. The molecule has 2 unspecified atom stereocenters. The van der Waals surface area contributed by atoms with E-state index in [4.69, 9.17) is 0 Å². The van der Waals surface area contributed by atoms with Crippen LogP contribution in [0.4, 0.5) is 0 Å². The molecule has 10 heteroatoms. The Hall–Kier alpha value is -6.13. The second-order valence-corrected chi connectivity index (χ2v) is 13.3. The van der Waals surface area contributed by atoms with E-state index < -0.39 is 60.7 Å². The summed E-state index contributed by atoms with van der Waals surface area (Å²) in [6.07, 6.45) is 2.45. The van der Waals surface area contributed by atoms with Gasteiger partial charge in [-0.05, 0) is 108 Å². The average Bonchev–Trinajstić information content (AvgIpc) is 3.24. The number of nitrogens with one attached hydrogen (secondary N) is 2. The summed E-state index contributed by atoms with van der Waals surface area (Å²) in [5.74, 6) is 58.4. The highest BCUT2D eigenvalue weighted by Crippen LogP contribution is 2.22. The molecule has 0 radical (unpaired) electrons. The molecule has 60 heavy (non-hydrogen) atoms. The van der Waals surface area contributed by atoms with Gasteiger partial charge in [0, 0.05) is 82.2 Å². The van der Waals surface area contributed by atoms with Crippen molar-refractivity contribution in [2.45, 2.75) is 152 Å². The molecule has 0 spiro atoms. The lowest BCUT2D eigenvalue weighted by Crippen LogP contribution is -2.69. The predicted octanol–water partition coefficient (Wildman–Crippen LogP) is 6.03. The standard InChI is InChI=1S/C50H52N2O8.24H2/c1-3-5-7-9-11-13-15-17-18-19-20-21-22-23-24-25-26-27-29-31-33-35-37-39-43(54)52-41(40-51-44-46(56)48(58)50(60)49(59)47(44)57)45(55)42(53)38-36-34-32-30-28-16-14-12-10-8-6-4-2;;;;;;;;;;;;;;;;;;;;;;;;/h41-42,44-51,53,55-60H,4,6,8,10,12,14,16,28,30,32,34,36,38,40H2,1-2H3,(H,52,54);24*1H/t41-,42+,44?,45-,46-,47-,48-,49+,50?;;;;;;;;;;;;;;;;;;;;;;;;/m0......................../s1. The van der Waals surface area contributed by atoms with Crippen molar-refractivity contribution in [3.63, 3.8) is 0 Å². The van der Waals surface area contributed by atoms with Gasteiger partial charge in [0.1, 0.15) is 36.6 Å². The molecular weight excluding hydrogens is 757 g/mol. The first-order chi connectivity index (χ1) is 29.1. The second-order valence-electron chi connectivity index (χ2n) is 13.3. The maximum Gasteiger partial charge on any atom is 0.297 e. The highest BCUT2D eigenvalue weighted by atomic mass is 16.4. The zero-order chi connectivity index (χ0) is 44.1.